The maximum absolute atomic E-state index is 6.14. The molecule has 0 saturated heterocycles. The summed E-state index contributed by atoms with van der Waals surface area (Å²) in [6.45, 7) is 0. The van der Waals surface area contributed by atoms with E-state index in [2.05, 4.69) is 5.32 Å². The third-order valence-electron chi connectivity index (χ3n) is 6.08. The molecule has 0 spiro atoms. The monoisotopic (exact) mass is 247 g/mol. The molecule has 100 valence electrons. The molecular weight excluding hydrogens is 222 g/mol. The number of nitrogens with zero attached hydrogens (tertiary/aromatic N) is 1. The highest BCUT2D eigenvalue weighted by atomic mass is 15.1. The molecule has 3 nitrogen and oxygen atoms in total. The van der Waals surface area contributed by atoms with Gasteiger partial charge in [-0.2, -0.15) is 0 Å². The van der Waals surface area contributed by atoms with Gasteiger partial charge in [-0.05, 0) is 62.2 Å². The van der Waals surface area contributed by atoms with Gasteiger partial charge in [-0.15, -0.1) is 0 Å². The zero-order valence-corrected chi connectivity index (χ0v) is 11.1. The molecule has 0 heterocycles. The van der Waals surface area contributed by atoms with Crippen LogP contribution in [0, 0.1) is 23.7 Å². The molecule has 3 N–H and O–H groups in total. The summed E-state index contributed by atoms with van der Waals surface area (Å²) < 4.78 is 0. The minimum atomic E-state index is 0.537. The Morgan fingerprint density at radius 3 is 2.17 bits per heavy atom. The molecule has 6 atom stereocenters. The van der Waals surface area contributed by atoms with Crippen molar-refractivity contribution < 1.29 is 0 Å². The van der Waals surface area contributed by atoms with Gasteiger partial charge in [0.15, 0.2) is 5.96 Å². The lowest BCUT2D eigenvalue weighted by Crippen LogP contribution is -2.43. The standard InChI is InChI=1S/C15H25N3/c16-15(17-13-7-9-1-3-11(13)5-9)18-14-8-10-2-4-12(14)6-10/h9-14H,1-8H2,(H3,16,17,18)/t9-,10-,11-,12-,13-,14-/m0/s1. The van der Waals surface area contributed by atoms with E-state index in [-0.39, 0.29) is 0 Å². The minimum Gasteiger partial charge on any atom is -0.370 e. The lowest BCUT2D eigenvalue weighted by Gasteiger charge is -2.25. The topological polar surface area (TPSA) is 50.4 Å². The van der Waals surface area contributed by atoms with Gasteiger partial charge in [0.1, 0.15) is 0 Å². The quantitative estimate of drug-likeness (QED) is 0.581. The normalized spacial score (nSPS) is 50.1. The molecule has 4 saturated carbocycles. The van der Waals surface area contributed by atoms with E-state index in [0.29, 0.717) is 12.1 Å². The molecular formula is C15H25N3. The lowest BCUT2D eigenvalue weighted by molar-refractivity contribution is 0.384. The van der Waals surface area contributed by atoms with Crippen molar-refractivity contribution in [2.75, 3.05) is 0 Å². The van der Waals surface area contributed by atoms with Crippen LogP contribution in [0.2, 0.25) is 0 Å². The van der Waals surface area contributed by atoms with Crippen molar-refractivity contribution in [2.24, 2.45) is 34.4 Å². The van der Waals surface area contributed by atoms with Crippen molar-refractivity contribution in [2.45, 2.75) is 63.5 Å². The highest BCUT2D eigenvalue weighted by molar-refractivity contribution is 5.78. The van der Waals surface area contributed by atoms with Crippen LogP contribution in [0.25, 0.3) is 0 Å². The zero-order valence-electron chi connectivity index (χ0n) is 11.1. The van der Waals surface area contributed by atoms with E-state index in [1.165, 1.54) is 51.4 Å². The van der Waals surface area contributed by atoms with Crippen LogP contribution in [0.4, 0.5) is 0 Å². The number of rotatable bonds is 2. The van der Waals surface area contributed by atoms with Crippen LogP contribution in [-0.4, -0.2) is 18.0 Å². The maximum atomic E-state index is 6.14. The van der Waals surface area contributed by atoms with Crippen molar-refractivity contribution >= 4 is 5.96 Å². The molecule has 0 aliphatic heterocycles. The van der Waals surface area contributed by atoms with Crippen molar-refractivity contribution in [3.8, 4) is 0 Å². The molecule has 3 heteroatoms. The van der Waals surface area contributed by atoms with Crippen LogP contribution in [0.15, 0.2) is 4.99 Å². The summed E-state index contributed by atoms with van der Waals surface area (Å²) >= 11 is 0. The van der Waals surface area contributed by atoms with Gasteiger partial charge in [-0.25, -0.2) is 4.99 Å². The fourth-order valence-electron chi connectivity index (χ4n) is 5.20. The molecule has 0 unspecified atom stereocenters. The highest BCUT2D eigenvalue weighted by Crippen LogP contribution is 2.46. The average molecular weight is 247 g/mol. The first-order valence-electron chi connectivity index (χ1n) is 7.87. The predicted molar refractivity (Wildman–Crippen MR) is 73.2 cm³/mol. The zero-order chi connectivity index (χ0) is 12.1. The summed E-state index contributed by atoms with van der Waals surface area (Å²) in [5, 5.41) is 3.52. The fourth-order valence-corrected chi connectivity index (χ4v) is 5.20. The number of fused-ring (bicyclic) bond motifs is 4. The van der Waals surface area contributed by atoms with Crippen molar-refractivity contribution in [1.29, 1.82) is 0 Å². The van der Waals surface area contributed by atoms with Crippen LogP contribution in [0.3, 0.4) is 0 Å². The van der Waals surface area contributed by atoms with Gasteiger partial charge >= 0.3 is 0 Å². The molecule has 4 rings (SSSR count). The first-order chi connectivity index (χ1) is 8.78. The predicted octanol–water partition coefficient (Wildman–Crippen LogP) is 2.27. The smallest absolute Gasteiger partial charge is 0.189 e. The van der Waals surface area contributed by atoms with E-state index >= 15 is 0 Å². The van der Waals surface area contributed by atoms with Crippen LogP contribution in [-0.2, 0) is 0 Å². The number of nitrogens with two attached hydrogens (primary N) is 1. The Bertz CT molecular complexity index is 365. The Morgan fingerprint density at radius 1 is 0.889 bits per heavy atom. The summed E-state index contributed by atoms with van der Waals surface area (Å²) in [6, 6.07) is 1.17. The Balaban J connectivity index is 1.37. The van der Waals surface area contributed by atoms with E-state index in [4.69, 9.17) is 10.7 Å². The molecule has 4 fully saturated rings. The largest absolute Gasteiger partial charge is 0.370 e. The molecule has 4 bridgehead atoms. The van der Waals surface area contributed by atoms with E-state index in [9.17, 15) is 0 Å². The van der Waals surface area contributed by atoms with E-state index < -0.39 is 0 Å². The van der Waals surface area contributed by atoms with Gasteiger partial charge in [-0.1, -0.05) is 12.8 Å². The summed E-state index contributed by atoms with van der Waals surface area (Å²) in [4.78, 5) is 4.79. The molecule has 0 aromatic heterocycles. The summed E-state index contributed by atoms with van der Waals surface area (Å²) in [6.07, 6.45) is 11.2. The second kappa shape index (κ2) is 4.14. The van der Waals surface area contributed by atoms with Gasteiger partial charge in [0.2, 0.25) is 0 Å². The molecule has 18 heavy (non-hydrogen) atoms. The summed E-state index contributed by atoms with van der Waals surface area (Å²) in [5.41, 5.74) is 6.14. The number of hydrogen-bond donors (Lipinski definition) is 2. The molecule has 0 aromatic carbocycles. The SMILES string of the molecule is NC(=N[C@H]1C[C@H]2CC[C@H]1C2)N[C@H]1C[C@H]2CC[C@H]1C2. The molecule has 0 aromatic rings. The molecule has 4 aliphatic rings. The Hall–Kier alpha value is -0.730. The fraction of sp³-hybridized carbons (Fsp3) is 0.933. The minimum absolute atomic E-state index is 0.537. The van der Waals surface area contributed by atoms with Crippen LogP contribution in [0.1, 0.15) is 51.4 Å². The van der Waals surface area contributed by atoms with Crippen molar-refractivity contribution in [3.05, 3.63) is 0 Å². The number of guanidine groups is 1. The Labute approximate surface area is 110 Å². The van der Waals surface area contributed by atoms with E-state index in [0.717, 1.165) is 29.6 Å². The van der Waals surface area contributed by atoms with Crippen molar-refractivity contribution in [1.82, 2.24) is 5.32 Å². The van der Waals surface area contributed by atoms with E-state index in [1.807, 2.05) is 0 Å². The number of aliphatic imine (C=N–C) groups is 1. The van der Waals surface area contributed by atoms with Crippen LogP contribution < -0.4 is 11.1 Å². The second-order valence-electron chi connectivity index (χ2n) is 7.18. The first kappa shape index (κ1) is 11.1. The lowest BCUT2D eigenvalue weighted by atomic mass is 9.95. The summed E-state index contributed by atoms with van der Waals surface area (Å²) in [7, 11) is 0. The van der Waals surface area contributed by atoms with Gasteiger partial charge in [0, 0.05) is 6.04 Å². The van der Waals surface area contributed by atoms with Gasteiger partial charge < -0.3 is 11.1 Å². The van der Waals surface area contributed by atoms with Gasteiger partial charge in [0.05, 0.1) is 6.04 Å². The third-order valence-corrected chi connectivity index (χ3v) is 6.08. The van der Waals surface area contributed by atoms with Gasteiger partial charge in [-0.3, -0.25) is 0 Å². The van der Waals surface area contributed by atoms with Gasteiger partial charge in [0.25, 0.3) is 0 Å². The van der Waals surface area contributed by atoms with Crippen LogP contribution in [0.5, 0.6) is 0 Å². The maximum Gasteiger partial charge on any atom is 0.189 e. The molecule has 4 aliphatic carbocycles. The summed E-state index contributed by atoms with van der Waals surface area (Å²) in [5.74, 6) is 4.39. The molecule has 0 radical (unpaired) electrons. The Morgan fingerprint density at radius 2 is 1.61 bits per heavy atom. The third kappa shape index (κ3) is 1.83. The number of hydrogen-bond acceptors (Lipinski definition) is 1. The Kier molecular flexibility index (Phi) is 2.56. The average Bonchev–Trinajstić information content (AvgIpc) is 3.08. The highest BCUT2D eigenvalue weighted by Gasteiger charge is 2.41. The second-order valence-corrected chi connectivity index (χ2v) is 7.18. The first-order valence-corrected chi connectivity index (χ1v) is 7.87. The number of nitrogens with one attached hydrogen (secondary N) is 1. The molecule has 0 amide bonds. The van der Waals surface area contributed by atoms with E-state index in [1.54, 1.807) is 0 Å². The van der Waals surface area contributed by atoms with Crippen molar-refractivity contribution in [3.63, 3.8) is 0 Å². The van der Waals surface area contributed by atoms with Crippen LogP contribution >= 0.6 is 0 Å².